The SMILES string of the molecule is COC(=O)c1nn(C)c2nc(N)nc(N)c2c1=O. The van der Waals surface area contributed by atoms with Crippen molar-refractivity contribution in [2.45, 2.75) is 0 Å². The van der Waals surface area contributed by atoms with Crippen molar-refractivity contribution < 1.29 is 9.53 Å². The van der Waals surface area contributed by atoms with Crippen LogP contribution in [-0.2, 0) is 11.8 Å². The Morgan fingerprint density at radius 1 is 1.33 bits per heavy atom. The summed E-state index contributed by atoms with van der Waals surface area (Å²) in [7, 11) is 2.65. The van der Waals surface area contributed by atoms with E-state index >= 15 is 0 Å². The number of aromatic nitrogens is 4. The second-order valence-corrected chi connectivity index (χ2v) is 3.46. The molecule has 0 atom stereocenters. The summed E-state index contributed by atoms with van der Waals surface area (Å²) >= 11 is 0. The summed E-state index contributed by atoms with van der Waals surface area (Å²) in [4.78, 5) is 31.0. The van der Waals surface area contributed by atoms with Crippen LogP contribution in [0, 0.1) is 0 Å². The predicted octanol–water partition coefficient (Wildman–Crippen LogP) is -1.33. The molecule has 0 spiro atoms. The topological polar surface area (TPSA) is 139 Å². The van der Waals surface area contributed by atoms with Crippen molar-refractivity contribution in [2.75, 3.05) is 18.6 Å². The molecule has 2 rings (SSSR count). The largest absolute Gasteiger partial charge is 0.464 e. The van der Waals surface area contributed by atoms with Gasteiger partial charge in [-0.25, -0.2) is 9.48 Å². The van der Waals surface area contributed by atoms with Crippen molar-refractivity contribution in [3.05, 3.63) is 15.9 Å². The number of rotatable bonds is 1. The summed E-state index contributed by atoms with van der Waals surface area (Å²) in [6.45, 7) is 0. The summed E-state index contributed by atoms with van der Waals surface area (Å²) in [6.07, 6.45) is 0. The Bertz CT molecular complexity index is 707. The van der Waals surface area contributed by atoms with Gasteiger partial charge >= 0.3 is 5.97 Å². The summed E-state index contributed by atoms with van der Waals surface area (Å²) in [5, 5.41) is 3.77. The molecule has 0 aliphatic carbocycles. The summed E-state index contributed by atoms with van der Waals surface area (Å²) in [5.41, 5.74) is 10.1. The fourth-order valence-corrected chi connectivity index (χ4v) is 1.53. The van der Waals surface area contributed by atoms with Crippen molar-refractivity contribution >= 4 is 28.8 Å². The molecular weight excluding hydrogens is 240 g/mol. The monoisotopic (exact) mass is 250 g/mol. The fourth-order valence-electron chi connectivity index (χ4n) is 1.53. The van der Waals surface area contributed by atoms with Gasteiger partial charge in [0.15, 0.2) is 5.65 Å². The molecule has 0 saturated carbocycles. The number of esters is 1. The zero-order valence-corrected chi connectivity index (χ0v) is 9.67. The van der Waals surface area contributed by atoms with Crippen molar-refractivity contribution in [2.24, 2.45) is 7.05 Å². The third-order valence-corrected chi connectivity index (χ3v) is 2.31. The molecule has 0 bridgehead atoms. The lowest BCUT2D eigenvalue weighted by Gasteiger charge is -2.07. The number of carbonyl (C=O) groups excluding carboxylic acids is 1. The maximum atomic E-state index is 12.0. The molecule has 0 radical (unpaired) electrons. The van der Waals surface area contributed by atoms with Crippen LogP contribution in [0.2, 0.25) is 0 Å². The molecule has 0 aliphatic heterocycles. The zero-order valence-electron chi connectivity index (χ0n) is 9.67. The number of carbonyl (C=O) groups is 1. The Morgan fingerprint density at radius 3 is 2.61 bits per heavy atom. The van der Waals surface area contributed by atoms with Crippen LogP contribution in [0.1, 0.15) is 10.5 Å². The number of fused-ring (bicyclic) bond motifs is 1. The van der Waals surface area contributed by atoms with Crippen molar-refractivity contribution in [3.63, 3.8) is 0 Å². The summed E-state index contributed by atoms with van der Waals surface area (Å²) in [5.74, 6) is -1.04. The average Bonchev–Trinajstić information content (AvgIpc) is 2.31. The van der Waals surface area contributed by atoms with Gasteiger partial charge in [-0.15, -0.1) is 0 Å². The first-order valence-electron chi connectivity index (χ1n) is 4.84. The number of nitrogens with zero attached hydrogens (tertiary/aromatic N) is 4. The molecule has 0 unspecified atom stereocenters. The first-order valence-corrected chi connectivity index (χ1v) is 4.84. The van der Waals surface area contributed by atoms with Crippen LogP contribution in [0.15, 0.2) is 4.79 Å². The summed E-state index contributed by atoms with van der Waals surface area (Å²) in [6, 6.07) is 0. The van der Waals surface area contributed by atoms with Gasteiger partial charge in [0.2, 0.25) is 17.1 Å². The van der Waals surface area contributed by atoms with Crippen LogP contribution < -0.4 is 16.9 Å². The Morgan fingerprint density at radius 2 is 2.00 bits per heavy atom. The van der Waals surface area contributed by atoms with Gasteiger partial charge in [0.05, 0.1) is 7.11 Å². The lowest BCUT2D eigenvalue weighted by molar-refractivity contribution is 0.0590. The number of hydrogen-bond acceptors (Lipinski definition) is 8. The highest BCUT2D eigenvalue weighted by atomic mass is 16.5. The van der Waals surface area contributed by atoms with Gasteiger partial charge in [-0.3, -0.25) is 4.79 Å². The number of methoxy groups -OCH3 is 1. The van der Waals surface area contributed by atoms with E-state index in [1.807, 2.05) is 0 Å². The van der Waals surface area contributed by atoms with Crippen LogP contribution in [0.3, 0.4) is 0 Å². The number of ether oxygens (including phenoxy) is 1. The van der Waals surface area contributed by atoms with Gasteiger partial charge < -0.3 is 16.2 Å². The highest BCUT2D eigenvalue weighted by Gasteiger charge is 2.20. The molecule has 0 fully saturated rings. The molecule has 2 heterocycles. The molecule has 2 aromatic heterocycles. The molecule has 9 heteroatoms. The molecule has 2 aromatic rings. The fraction of sp³-hybridized carbons (Fsp3) is 0.222. The maximum absolute atomic E-state index is 12.0. The van der Waals surface area contributed by atoms with E-state index < -0.39 is 11.4 Å². The van der Waals surface area contributed by atoms with Crippen molar-refractivity contribution in [1.29, 1.82) is 0 Å². The van der Waals surface area contributed by atoms with E-state index in [1.54, 1.807) is 0 Å². The molecule has 0 aliphatic rings. The van der Waals surface area contributed by atoms with Crippen LogP contribution in [0.4, 0.5) is 11.8 Å². The molecule has 0 saturated heterocycles. The standard InChI is InChI=1S/C9H10N6O3/c1-15-7-3(6(10)12-9(11)13-7)5(16)4(14-15)8(17)18-2/h1-2H3,(H4,10,11,12,13). The van der Waals surface area contributed by atoms with Crippen molar-refractivity contribution in [1.82, 2.24) is 19.7 Å². The van der Waals surface area contributed by atoms with Crippen molar-refractivity contribution in [3.8, 4) is 0 Å². The minimum Gasteiger partial charge on any atom is -0.464 e. The highest BCUT2D eigenvalue weighted by Crippen LogP contribution is 2.14. The Kier molecular flexibility index (Phi) is 2.58. The normalized spacial score (nSPS) is 10.6. The van der Waals surface area contributed by atoms with E-state index in [1.165, 1.54) is 11.7 Å². The Balaban J connectivity index is 2.95. The smallest absolute Gasteiger partial charge is 0.362 e. The number of nitrogens with two attached hydrogens (primary N) is 2. The molecule has 18 heavy (non-hydrogen) atoms. The Hall–Kier alpha value is -2.71. The molecule has 0 amide bonds. The van der Waals surface area contributed by atoms with Gasteiger partial charge in [-0.1, -0.05) is 0 Å². The number of aryl methyl sites for hydroxylation is 1. The molecule has 4 N–H and O–H groups in total. The quantitative estimate of drug-likeness (QED) is 0.593. The molecule has 9 nitrogen and oxygen atoms in total. The summed E-state index contributed by atoms with van der Waals surface area (Å²) < 4.78 is 5.68. The Labute approximate surface area is 100 Å². The van der Waals surface area contributed by atoms with E-state index in [9.17, 15) is 9.59 Å². The second kappa shape index (κ2) is 3.95. The van der Waals surface area contributed by atoms with E-state index in [0.717, 1.165) is 7.11 Å². The maximum Gasteiger partial charge on any atom is 0.362 e. The van der Waals surface area contributed by atoms with E-state index in [2.05, 4.69) is 19.8 Å². The third kappa shape index (κ3) is 1.61. The third-order valence-electron chi connectivity index (χ3n) is 2.31. The van der Waals surface area contributed by atoms with Crippen LogP contribution in [0.5, 0.6) is 0 Å². The lowest BCUT2D eigenvalue weighted by Crippen LogP contribution is -2.25. The predicted molar refractivity (Wildman–Crippen MR) is 62.7 cm³/mol. The first kappa shape index (κ1) is 11.8. The zero-order chi connectivity index (χ0) is 13.4. The van der Waals surface area contributed by atoms with Crippen LogP contribution in [0.25, 0.3) is 11.0 Å². The second-order valence-electron chi connectivity index (χ2n) is 3.46. The number of nitrogen functional groups attached to an aromatic ring is 2. The molecule has 0 aromatic carbocycles. The van der Waals surface area contributed by atoms with Gasteiger partial charge in [-0.2, -0.15) is 15.1 Å². The van der Waals surface area contributed by atoms with Gasteiger partial charge in [0.25, 0.3) is 0 Å². The minimum absolute atomic E-state index is 0.0119. The van der Waals surface area contributed by atoms with Crippen LogP contribution >= 0.6 is 0 Å². The first-order chi connectivity index (χ1) is 8.45. The number of anilines is 2. The number of hydrogen-bond donors (Lipinski definition) is 2. The highest BCUT2D eigenvalue weighted by molar-refractivity contribution is 5.94. The van der Waals surface area contributed by atoms with E-state index in [-0.39, 0.29) is 28.5 Å². The van der Waals surface area contributed by atoms with E-state index in [0.29, 0.717) is 0 Å². The molecule has 94 valence electrons. The van der Waals surface area contributed by atoms with Gasteiger partial charge in [0, 0.05) is 7.05 Å². The minimum atomic E-state index is -0.853. The van der Waals surface area contributed by atoms with Gasteiger partial charge in [-0.05, 0) is 0 Å². The van der Waals surface area contributed by atoms with E-state index in [4.69, 9.17) is 11.5 Å². The average molecular weight is 250 g/mol. The lowest BCUT2D eigenvalue weighted by atomic mass is 10.2. The molecular formula is C9H10N6O3. The van der Waals surface area contributed by atoms with Gasteiger partial charge in [0.1, 0.15) is 11.2 Å². The van der Waals surface area contributed by atoms with Crippen LogP contribution in [-0.4, -0.2) is 32.8 Å².